The summed E-state index contributed by atoms with van der Waals surface area (Å²) in [5.41, 5.74) is 0.672. The molecule has 156 valence electrons. The summed E-state index contributed by atoms with van der Waals surface area (Å²) in [5, 5.41) is 10.9. The van der Waals surface area contributed by atoms with Crippen LogP contribution in [0.3, 0.4) is 0 Å². The molecule has 1 fully saturated rings. The van der Waals surface area contributed by atoms with Gasteiger partial charge in [-0.25, -0.2) is 13.2 Å². The molecule has 1 amide bonds. The minimum atomic E-state index is -1.28. The van der Waals surface area contributed by atoms with Crippen LogP contribution in [-0.4, -0.2) is 16.8 Å². The van der Waals surface area contributed by atoms with Crippen molar-refractivity contribution in [3.63, 3.8) is 0 Å². The highest BCUT2D eigenvalue weighted by Gasteiger charge is 2.47. The maximum Gasteiger partial charge on any atom is 0.300 e. The van der Waals surface area contributed by atoms with E-state index < -0.39 is 46.6 Å². The van der Waals surface area contributed by atoms with Crippen LogP contribution in [0, 0.1) is 24.4 Å². The van der Waals surface area contributed by atoms with Gasteiger partial charge in [0.05, 0.1) is 17.3 Å². The molecule has 7 heteroatoms. The van der Waals surface area contributed by atoms with Crippen LogP contribution in [0.4, 0.5) is 18.9 Å². The average Bonchev–Trinajstić information content (AvgIpc) is 3.01. The molecule has 1 unspecified atom stereocenters. The van der Waals surface area contributed by atoms with Gasteiger partial charge in [0.2, 0.25) is 0 Å². The number of aliphatic hydroxyl groups is 1. The Morgan fingerprint density at radius 1 is 0.871 bits per heavy atom. The van der Waals surface area contributed by atoms with Crippen molar-refractivity contribution in [1.82, 2.24) is 0 Å². The summed E-state index contributed by atoms with van der Waals surface area (Å²) in [6, 6.07) is 12.7. The number of nitrogens with zero attached hydrogens (tertiary/aromatic N) is 1. The molecule has 31 heavy (non-hydrogen) atoms. The SMILES string of the molecule is Cc1ccc(/C(O)=C2\C(=O)C(=O)N(c3cc(F)ccc3F)C2c2ccc(F)cc2)cc1. The Bertz CT molecular complexity index is 1220. The summed E-state index contributed by atoms with van der Waals surface area (Å²) in [6.07, 6.45) is 0. The Hall–Kier alpha value is -3.87. The van der Waals surface area contributed by atoms with Crippen LogP contribution in [0.25, 0.3) is 5.76 Å². The van der Waals surface area contributed by atoms with E-state index in [9.17, 15) is 27.9 Å². The number of carbonyl (C=O) groups is 2. The summed E-state index contributed by atoms with van der Waals surface area (Å²) in [6.45, 7) is 1.84. The number of aryl methyl sites for hydroxylation is 1. The van der Waals surface area contributed by atoms with E-state index in [4.69, 9.17) is 0 Å². The lowest BCUT2D eigenvalue weighted by Crippen LogP contribution is -2.30. The fraction of sp³-hybridized carbons (Fsp3) is 0.0833. The molecule has 1 N–H and O–H groups in total. The molecular formula is C24H16F3NO3. The minimum absolute atomic E-state index is 0.248. The van der Waals surface area contributed by atoms with E-state index in [1.165, 1.54) is 12.1 Å². The van der Waals surface area contributed by atoms with Gasteiger partial charge >= 0.3 is 0 Å². The van der Waals surface area contributed by atoms with Crippen molar-refractivity contribution in [3.05, 3.63) is 106 Å². The van der Waals surface area contributed by atoms with Crippen molar-refractivity contribution in [2.45, 2.75) is 13.0 Å². The van der Waals surface area contributed by atoms with Crippen LogP contribution in [0.5, 0.6) is 0 Å². The average molecular weight is 423 g/mol. The number of carbonyl (C=O) groups excluding carboxylic acids is 2. The fourth-order valence-electron chi connectivity index (χ4n) is 3.58. The van der Waals surface area contributed by atoms with Gasteiger partial charge in [-0.15, -0.1) is 0 Å². The largest absolute Gasteiger partial charge is 0.507 e. The second-order valence-electron chi connectivity index (χ2n) is 7.18. The summed E-state index contributed by atoms with van der Waals surface area (Å²) >= 11 is 0. The van der Waals surface area contributed by atoms with E-state index in [0.717, 1.165) is 40.8 Å². The van der Waals surface area contributed by atoms with Crippen LogP contribution in [0.15, 0.2) is 72.3 Å². The van der Waals surface area contributed by atoms with E-state index in [2.05, 4.69) is 0 Å². The number of ketones is 1. The third-order valence-corrected chi connectivity index (χ3v) is 5.12. The maximum absolute atomic E-state index is 14.6. The second kappa shape index (κ2) is 7.75. The summed E-state index contributed by atoms with van der Waals surface area (Å²) in [5.74, 6) is -4.95. The van der Waals surface area contributed by atoms with Crippen molar-refractivity contribution in [3.8, 4) is 0 Å². The zero-order chi connectivity index (χ0) is 22.3. The molecule has 4 rings (SSSR count). The second-order valence-corrected chi connectivity index (χ2v) is 7.18. The van der Waals surface area contributed by atoms with Crippen molar-refractivity contribution in [1.29, 1.82) is 0 Å². The molecule has 1 aliphatic heterocycles. The number of halogens is 3. The Labute approximate surface area is 175 Å². The van der Waals surface area contributed by atoms with Crippen LogP contribution in [0.2, 0.25) is 0 Å². The van der Waals surface area contributed by atoms with Crippen molar-refractivity contribution in [2.75, 3.05) is 4.90 Å². The van der Waals surface area contributed by atoms with E-state index >= 15 is 0 Å². The monoisotopic (exact) mass is 423 g/mol. The predicted molar refractivity (Wildman–Crippen MR) is 109 cm³/mol. The first-order valence-electron chi connectivity index (χ1n) is 9.36. The molecule has 0 aliphatic carbocycles. The molecule has 1 heterocycles. The number of hydrogen-bond acceptors (Lipinski definition) is 3. The summed E-state index contributed by atoms with van der Waals surface area (Å²) in [7, 11) is 0. The first kappa shape index (κ1) is 20.4. The first-order chi connectivity index (χ1) is 14.8. The number of Topliss-reactive ketones (excluding diaryl/α,β-unsaturated/α-hetero) is 1. The molecule has 0 aromatic heterocycles. The number of amides is 1. The third-order valence-electron chi connectivity index (χ3n) is 5.12. The van der Waals surface area contributed by atoms with Crippen LogP contribution in [-0.2, 0) is 9.59 Å². The van der Waals surface area contributed by atoms with Gasteiger partial charge in [0.15, 0.2) is 0 Å². The van der Waals surface area contributed by atoms with Gasteiger partial charge in [-0.05, 0) is 36.8 Å². The number of aliphatic hydroxyl groups excluding tert-OH is 1. The topological polar surface area (TPSA) is 57.6 Å². The molecule has 3 aromatic carbocycles. The van der Waals surface area contributed by atoms with E-state index in [-0.39, 0.29) is 16.7 Å². The zero-order valence-corrected chi connectivity index (χ0v) is 16.3. The quantitative estimate of drug-likeness (QED) is 0.365. The molecule has 0 spiro atoms. The molecule has 1 atom stereocenters. The highest BCUT2D eigenvalue weighted by atomic mass is 19.1. The van der Waals surface area contributed by atoms with Crippen molar-refractivity contribution >= 4 is 23.1 Å². The molecule has 1 aliphatic rings. The van der Waals surface area contributed by atoms with E-state index in [1.54, 1.807) is 24.3 Å². The van der Waals surface area contributed by atoms with E-state index in [1.807, 2.05) is 6.92 Å². The summed E-state index contributed by atoms with van der Waals surface area (Å²) < 4.78 is 41.9. The van der Waals surface area contributed by atoms with Gasteiger partial charge < -0.3 is 5.11 Å². The number of rotatable bonds is 3. The Balaban J connectivity index is 1.97. The molecule has 0 radical (unpaired) electrons. The van der Waals surface area contributed by atoms with Gasteiger partial charge in [-0.1, -0.05) is 42.0 Å². The van der Waals surface area contributed by atoms with Crippen molar-refractivity contribution < 1.29 is 27.9 Å². The van der Waals surface area contributed by atoms with Crippen LogP contribution in [0.1, 0.15) is 22.7 Å². The molecule has 0 bridgehead atoms. The van der Waals surface area contributed by atoms with Crippen LogP contribution < -0.4 is 4.90 Å². The fourth-order valence-corrected chi connectivity index (χ4v) is 3.58. The number of anilines is 1. The Morgan fingerprint density at radius 3 is 2.13 bits per heavy atom. The Morgan fingerprint density at radius 2 is 1.48 bits per heavy atom. The molecule has 4 nitrogen and oxygen atoms in total. The third kappa shape index (κ3) is 3.59. The highest BCUT2D eigenvalue weighted by molar-refractivity contribution is 6.51. The number of benzene rings is 3. The lowest BCUT2D eigenvalue weighted by Gasteiger charge is -2.25. The van der Waals surface area contributed by atoms with Gasteiger partial charge in [-0.2, -0.15) is 0 Å². The van der Waals surface area contributed by atoms with E-state index in [0.29, 0.717) is 0 Å². The Kier molecular flexibility index (Phi) is 5.10. The first-order valence-corrected chi connectivity index (χ1v) is 9.36. The minimum Gasteiger partial charge on any atom is -0.507 e. The van der Waals surface area contributed by atoms with Gasteiger partial charge in [0, 0.05) is 11.6 Å². The van der Waals surface area contributed by atoms with Gasteiger partial charge in [-0.3, -0.25) is 14.5 Å². The molecule has 1 saturated heterocycles. The van der Waals surface area contributed by atoms with Gasteiger partial charge in [0.25, 0.3) is 11.7 Å². The van der Waals surface area contributed by atoms with Crippen LogP contribution >= 0.6 is 0 Å². The lowest BCUT2D eigenvalue weighted by molar-refractivity contribution is -0.132. The highest BCUT2D eigenvalue weighted by Crippen LogP contribution is 2.43. The normalized spacial score (nSPS) is 17.9. The zero-order valence-electron chi connectivity index (χ0n) is 16.3. The predicted octanol–water partition coefficient (Wildman–Crippen LogP) is 5.04. The van der Waals surface area contributed by atoms with Gasteiger partial charge in [0.1, 0.15) is 23.2 Å². The smallest absolute Gasteiger partial charge is 0.300 e. The molecular weight excluding hydrogens is 407 g/mol. The standard InChI is InChI=1S/C24H16F3NO3/c1-13-2-4-15(5-3-13)22(29)20-21(14-6-8-16(25)9-7-14)28(24(31)23(20)30)19-12-17(26)10-11-18(19)27/h2-12,21,29H,1H3/b22-20+. The lowest BCUT2D eigenvalue weighted by atomic mass is 9.95. The molecule has 0 saturated carbocycles. The number of hydrogen-bond donors (Lipinski definition) is 1. The maximum atomic E-state index is 14.6. The summed E-state index contributed by atoms with van der Waals surface area (Å²) in [4.78, 5) is 26.6. The van der Waals surface area contributed by atoms with Crippen molar-refractivity contribution in [2.24, 2.45) is 0 Å². The molecule has 3 aromatic rings.